The molecule has 1 saturated heterocycles. The predicted molar refractivity (Wildman–Crippen MR) is 140 cm³/mol. The second kappa shape index (κ2) is 10.7. The van der Waals surface area contributed by atoms with Gasteiger partial charge in [0.05, 0.1) is 37.2 Å². The standard InChI is InChI=1S/C26H25N7O6/c1-39-21-7-5-19(6-8-21)31-15-18(12-23(31)34)25(35)27-9-10-32-24-22(13-29-32)26(36)30(16-28-24)14-17-3-2-4-20(11-17)33(37)38/h2-8,11,13,16,18H,9-10,12,14-15H2,1H3,(H,27,35). The van der Waals surface area contributed by atoms with E-state index in [0.29, 0.717) is 28.0 Å². The first-order valence-corrected chi connectivity index (χ1v) is 12.2. The normalized spacial score (nSPS) is 15.1. The number of fused-ring (bicyclic) bond motifs is 1. The number of aromatic nitrogens is 4. The van der Waals surface area contributed by atoms with Gasteiger partial charge >= 0.3 is 0 Å². The maximum absolute atomic E-state index is 13.0. The van der Waals surface area contributed by atoms with E-state index in [9.17, 15) is 24.5 Å². The molecule has 13 nitrogen and oxygen atoms in total. The summed E-state index contributed by atoms with van der Waals surface area (Å²) in [6.45, 7) is 0.923. The molecule has 39 heavy (non-hydrogen) atoms. The highest BCUT2D eigenvalue weighted by Crippen LogP contribution is 2.27. The van der Waals surface area contributed by atoms with Crippen molar-refractivity contribution in [3.63, 3.8) is 0 Å². The van der Waals surface area contributed by atoms with E-state index >= 15 is 0 Å². The summed E-state index contributed by atoms with van der Waals surface area (Å²) in [4.78, 5) is 54.7. The van der Waals surface area contributed by atoms with Crippen molar-refractivity contribution >= 4 is 34.2 Å². The van der Waals surface area contributed by atoms with E-state index in [2.05, 4.69) is 15.4 Å². The van der Waals surface area contributed by atoms with E-state index in [0.717, 1.165) is 0 Å². The lowest BCUT2D eigenvalue weighted by atomic mass is 10.1. The highest BCUT2D eigenvalue weighted by atomic mass is 16.6. The number of carbonyl (C=O) groups is 2. The molecule has 2 aromatic carbocycles. The van der Waals surface area contributed by atoms with Gasteiger partial charge in [-0.1, -0.05) is 12.1 Å². The van der Waals surface area contributed by atoms with Crippen LogP contribution in [0.2, 0.25) is 0 Å². The van der Waals surface area contributed by atoms with Gasteiger partial charge in [0, 0.05) is 37.3 Å². The van der Waals surface area contributed by atoms with Crippen LogP contribution in [0.3, 0.4) is 0 Å². The molecule has 4 aromatic rings. The lowest BCUT2D eigenvalue weighted by Gasteiger charge is -2.17. The van der Waals surface area contributed by atoms with E-state index in [-0.39, 0.29) is 55.7 Å². The van der Waals surface area contributed by atoms with E-state index in [1.54, 1.807) is 48.4 Å². The molecule has 1 fully saturated rings. The van der Waals surface area contributed by atoms with Gasteiger partial charge < -0.3 is 15.0 Å². The molecule has 1 N–H and O–H groups in total. The van der Waals surface area contributed by atoms with Gasteiger partial charge in [0.2, 0.25) is 11.8 Å². The number of nitrogens with zero attached hydrogens (tertiary/aromatic N) is 6. The molecule has 0 saturated carbocycles. The van der Waals surface area contributed by atoms with Crippen molar-refractivity contribution < 1.29 is 19.2 Å². The Kier molecular flexibility index (Phi) is 7.04. The van der Waals surface area contributed by atoms with Gasteiger partial charge in [0.15, 0.2) is 5.65 Å². The van der Waals surface area contributed by atoms with Crippen molar-refractivity contribution in [2.24, 2.45) is 5.92 Å². The number of amides is 2. The Morgan fingerprint density at radius 3 is 2.74 bits per heavy atom. The summed E-state index contributed by atoms with van der Waals surface area (Å²) < 4.78 is 8.04. The van der Waals surface area contributed by atoms with Crippen LogP contribution in [0.25, 0.3) is 11.0 Å². The van der Waals surface area contributed by atoms with Gasteiger partial charge in [-0.2, -0.15) is 5.10 Å². The van der Waals surface area contributed by atoms with Crippen molar-refractivity contribution in [1.82, 2.24) is 24.6 Å². The van der Waals surface area contributed by atoms with Gasteiger partial charge in [0.25, 0.3) is 11.2 Å². The fourth-order valence-electron chi connectivity index (χ4n) is 4.56. The van der Waals surface area contributed by atoms with Crippen LogP contribution >= 0.6 is 0 Å². The van der Waals surface area contributed by atoms with Crippen LogP contribution in [-0.2, 0) is 22.7 Å². The summed E-state index contributed by atoms with van der Waals surface area (Å²) >= 11 is 0. The molecule has 5 rings (SSSR count). The maximum atomic E-state index is 13.0. The number of methoxy groups -OCH3 is 1. The first-order valence-electron chi connectivity index (χ1n) is 12.2. The molecule has 2 amide bonds. The summed E-state index contributed by atoms with van der Waals surface area (Å²) in [5, 5.41) is 18.4. The van der Waals surface area contributed by atoms with Crippen molar-refractivity contribution in [1.29, 1.82) is 0 Å². The molecule has 0 radical (unpaired) electrons. The Morgan fingerprint density at radius 2 is 2.00 bits per heavy atom. The molecule has 1 aliphatic heterocycles. The Morgan fingerprint density at radius 1 is 1.21 bits per heavy atom. The quantitative estimate of drug-likeness (QED) is 0.253. The summed E-state index contributed by atoms with van der Waals surface area (Å²) in [7, 11) is 1.57. The van der Waals surface area contributed by atoms with E-state index in [4.69, 9.17) is 4.74 Å². The molecular formula is C26H25N7O6. The van der Waals surface area contributed by atoms with Crippen molar-refractivity contribution in [3.8, 4) is 5.75 Å². The Bertz CT molecular complexity index is 1610. The fourth-order valence-corrected chi connectivity index (χ4v) is 4.56. The minimum absolute atomic E-state index is 0.0557. The van der Waals surface area contributed by atoms with Crippen molar-refractivity contribution in [2.75, 3.05) is 25.1 Å². The molecule has 1 aliphatic rings. The zero-order valence-electron chi connectivity index (χ0n) is 21.0. The molecular weight excluding hydrogens is 506 g/mol. The van der Waals surface area contributed by atoms with Gasteiger partial charge in [-0.05, 0) is 29.8 Å². The number of hydrogen-bond acceptors (Lipinski definition) is 8. The van der Waals surface area contributed by atoms with E-state index in [1.165, 1.54) is 33.9 Å². The minimum atomic E-state index is -0.488. The zero-order valence-corrected chi connectivity index (χ0v) is 21.0. The molecule has 3 heterocycles. The van der Waals surface area contributed by atoms with Gasteiger partial charge in [-0.3, -0.25) is 29.1 Å². The van der Waals surface area contributed by atoms with E-state index < -0.39 is 10.8 Å². The van der Waals surface area contributed by atoms with Gasteiger partial charge in [-0.15, -0.1) is 0 Å². The Hall–Kier alpha value is -5.07. The molecule has 200 valence electrons. The third-order valence-electron chi connectivity index (χ3n) is 6.60. The smallest absolute Gasteiger partial charge is 0.269 e. The molecule has 2 aromatic heterocycles. The lowest BCUT2D eigenvalue weighted by molar-refractivity contribution is -0.384. The average molecular weight is 532 g/mol. The molecule has 1 unspecified atom stereocenters. The van der Waals surface area contributed by atoms with Crippen LogP contribution < -0.4 is 20.5 Å². The number of nitro groups is 1. The van der Waals surface area contributed by atoms with Crippen LogP contribution in [0.4, 0.5) is 11.4 Å². The molecule has 0 aliphatic carbocycles. The van der Waals surface area contributed by atoms with Gasteiger partial charge in [0.1, 0.15) is 17.5 Å². The first kappa shape index (κ1) is 25.6. The van der Waals surface area contributed by atoms with Crippen LogP contribution in [0.1, 0.15) is 12.0 Å². The summed E-state index contributed by atoms with van der Waals surface area (Å²) in [5.41, 5.74) is 1.29. The lowest BCUT2D eigenvalue weighted by Crippen LogP contribution is -2.35. The number of non-ortho nitro benzene ring substituents is 1. The summed E-state index contributed by atoms with van der Waals surface area (Å²) in [5.74, 6) is -0.151. The Balaban J connectivity index is 1.19. The van der Waals surface area contributed by atoms with Crippen LogP contribution in [0.15, 0.2) is 65.8 Å². The molecule has 1 atom stereocenters. The minimum Gasteiger partial charge on any atom is -0.497 e. The second-order valence-electron chi connectivity index (χ2n) is 9.10. The number of nitrogens with one attached hydrogen (secondary N) is 1. The zero-order chi connectivity index (χ0) is 27.5. The van der Waals surface area contributed by atoms with Crippen molar-refractivity contribution in [2.45, 2.75) is 19.5 Å². The second-order valence-corrected chi connectivity index (χ2v) is 9.10. The largest absolute Gasteiger partial charge is 0.497 e. The monoisotopic (exact) mass is 531 g/mol. The molecule has 0 bridgehead atoms. The number of benzene rings is 2. The number of hydrogen-bond donors (Lipinski definition) is 1. The maximum Gasteiger partial charge on any atom is 0.269 e. The fraction of sp³-hybridized carbons (Fsp3) is 0.269. The third kappa shape index (κ3) is 5.32. The Labute approximate surface area is 221 Å². The number of carbonyl (C=O) groups excluding carboxylic acids is 2. The predicted octanol–water partition coefficient (Wildman–Crippen LogP) is 1.73. The van der Waals surface area contributed by atoms with Crippen LogP contribution in [0, 0.1) is 16.0 Å². The van der Waals surface area contributed by atoms with Crippen LogP contribution in [-0.4, -0.2) is 56.3 Å². The van der Waals surface area contributed by atoms with Crippen LogP contribution in [0.5, 0.6) is 5.75 Å². The number of rotatable bonds is 9. The third-order valence-corrected chi connectivity index (χ3v) is 6.60. The highest BCUT2D eigenvalue weighted by Gasteiger charge is 2.35. The molecule has 0 spiro atoms. The summed E-state index contributed by atoms with van der Waals surface area (Å²) in [6.07, 6.45) is 2.91. The number of ether oxygens (including phenoxy) is 1. The first-order chi connectivity index (χ1) is 18.8. The summed E-state index contributed by atoms with van der Waals surface area (Å²) in [6, 6.07) is 13.2. The van der Waals surface area contributed by atoms with Gasteiger partial charge in [-0.25, -0.2) is 9.67 Å². The van der Waals surface area contributed by atoms with E-state index in [1.807, 2.05) is 0 Å². The SMILES string of the molecule is COc1ccc(N2CC(C(=O)NCCn3ncc4c(=O)n(Cc5cccc([N+](=O)[O-])c5)cnc43)CC2=O)cc1. The van der Waals surface area contributed by atoms with Crippen molar-refractivity contribution in [3.05, 3.63) is 87.1 Å². The topological polar surface area (TPSA) is 154 Å². The molecule has 13 heteroatoms. The average Bonchev–Trinajstić information content (AvgIpc) is 3.54. The number of nitro benzene ring substituents is 1. The number of anilines is 1. The highest BCUT2D eigenvalue weighted by molar-refractivity contribution is 6.00.